The SMILES string of the molecule is CN(C(=O)C12CC3CC(CC(C)(C3)C1)C2)C(CN)C1CC1. The lowest BCUT2D eigenvalue weighted by Crippen LogP contribution is -2.59. The fourth-order valence-corrected chi connectivity index (χ4v) is 6.64. The second-order valence-electron chi connectivity index (χ2n) is 9.11. The van der Waals surface area contributed by atoms with E-state index in [1.807, 2.05) is 7.05 Å². The largest absolute Gasteiger partial charge is 0.341 e. The fraction of sp³-hybridized carbons (Fsp3) is 0.944. The molecule has 5 fully saturated rings. The lowest BCUT2D eigenvalue weighted by molar-refractivity contribution is -0.167. The van der Waals surface area contributed by atoms with Crippen molar-refractivity contribution in [2.75, 3.05) is 13.6 Å². The van der Waals surface area contributed by atoms with Crippen molar-refractivity contribution >= 4 is 5.91 Å². The third kappa shape index (κ3) is 2.15. The first kappa shape index (κ1) is 14.0. The van der Waals surface area contributed by atoms with Crippen LogP contribution in [-0.4, -0.2) is 30.4 Å². The molecular formula is C18H30N2O. The Hall–Kier alpha value is -0.570. The van der Waals surface area contributed by atoms with Gasteiger partial charge < -0.3 is 10.6 Å². The number of hydrogen-bond acceptors (Lipinski definition) is 2. The maximum atomic E-state index is 13.3. The molecule has 3 nitrogen and oxygen atoms in total. The van der Waals surface area contributed by atoms with Gasteiger partial charge in [-0.2, -0.15) is 0 Å². The number of amides is 1. The number of rotatable bonds is 4. The molecule has 2 N–H and O–H groups in total. The molecule has 0 aromatic heterocycles. The van der Waals surface area contributed by atoms with Crippen molar-refractivity contribution in [3.05, 3.63) is 0 Å². The zero-order chi connectivity index (χ0) is 14.8. The molecule has 4 bridgehead atoms. The molecule has 1 amide bonds. The van der Waals surface area contributed by atoms with E-state index in [4.69, 9.17) is 5.73 Å². The summed E-state index contributed by atoms with van der Waals surface area (Å²) in [6.07, 6.45) is 10.1. The van der Waals surface area contributed by atoms with Crippen LogP contribution in [0.15, 0.2) is 0 Å². The topological polar surface area (TPSA) is 46.3 Å². The molecule has 0 heterocycles. The summed E-state index contributed by atoms with van der Waals surface area (Å²) in [5.41, 5.74) is 6.39. The van der Waals surface area contributed by atoms with Crippen LogP contribution in [0.1, 0.15) is 58.3 Å². The molecule has 5 aliphatic carbocycles. The minimum Gasteiger partial charge on any atom is -0.341 e. The van der Waals surface area contributed by atoms with Gasteiger partial charge in [-0.1, -0.05) is 6.92 Å². The predicted octanol–water partition coefficient (Wildman–Crippen LogP) is 2.79. The molecule has 3 heteroatoms. The Kier molecular flexibility index (Phi) is 2.99. The number of carbonyl (C=O) groups excluding carboxylic acids is 1. The first-order chi connectivity index (χ1) is 9.95. The molecule has 0 aliphatic heterocycles. The van der Waals surface area contributed by atoms with Crippen molar-refractivity contribution < 1.29 is 4.79 Å². The van der Waals surface area contributed by atoms with Gasteiger partial charge in [-0.05, 0) is 74.5 Å². The van der Waals surface area contributed by atoms with Crippen LogP contribution in [0.5, 0.6) is 0 Å². The average molecular weight is 290 g/mol. The third-order valence-corrected chi connectivity index (χ3v) is 7.03. The van der Waals surface area contributed by atoms with Gasteiger partial charge in [0, 0.05) is 19.6 Å². The maximum absolute atomic E-state index is 13.3. The van der Waals surface area contributed by atoms with E-state index in [1.54, 1.807) is 0 Å². The number of hydrogen-bond donors (Lipinski definition) is 1. The van der Waals surface area contributed by atoms with Crippen molar-refractivity contribution in [1.82, 2.24) is 4.90 Å². The molecule has 0 radical (unpaired) electrons. The van der Waals surface area contributed by atoms with E-state index in [2.05, 4.69) is 11.8 Å². The molecule has 0 aromatic rings. The molecule has 118 valence electrons. The van der Waals surface area contributed by atoms with Crippen LogP contribution < -0.4 is 5.73 Å². The standard InChI is InChI=1S/C18H30N2O/c1-17-6-12-5-13(7-17)9-18(8-12,11-17)16(21)20(2)15(10-19)14-3-4-14/h12-15H,3-11,19H2,1-2H3. The average Bonchev–Trinajstić information content (AvgIpc) is 3.20. The number of carbonyl (C=O) groups is 1. The van der Waals surface area contributed by atoms with Crippen LogP contribution in [0.25, 0.3) is 0 Å². The lowest BCUT2D eigenvalue weighted by Gasteiger charge is -2.61. The van der Waals surface area contributed by atoms with Crippen LogP contribution >= 0.6 is 0 Å². The normalized spacial score (nSPS) is 45.7. The Morgan fingerprint density at radius 1 is 1.24 bits per heavy atom. The summed E-state index contributed by atoms with van der Waals surface area (Å²) in [6.45, 7) is 3.07. The molecule has 3 unspecified atom stereocenters. The van der Waals surface area contributed by atoms with E-state index in [-0.39, 0.29) is 5.41 Å². The smallest absolute Gasteiger partial charge is 0.228 e. The molecule has 5 aliphatic rings. The van der Waals surface area contributed by atoms with E-state index in [0.717, 1.165) is 31.1 Å². The second-order valence-corrected chi connectivity index (χ2v) is 9.11. The first-order valence-electron chi connectivity index (χ1n) is 8.92. The van der Waals surface area contributed by atoms with Gasteiger partial charge in [-0.15, -0.1) is 0 Å². The second kappa shape index (κ2) is 4.47. The highest BCUT2D eigenvalue weighted by atomic mass is 16.2. The van der Waals surface area contributed by atoms with Gasteiger partial charge in [0.05, 0.1) is 5.41 Å². The molecule has 21 heavy (non-hydrogen) atoms. The predicted molar refractivity (Wildman–Crippen MR) is 83.6 cm³/mol. The molecule has 5 saturated carbocycles. The van der Waals surface area contributed by atoms with Gasteiger partial charge in [-0.25, -0.2) is 0 Å². The van der Waals surface area contributed by atoms with Gasteiger partial charge in [0.25, 0.3) is 0 Å². The quantitative estimate of drug-likeness (QED) is 0.865. The Morgan fingerprint density at radius 2 is 1.86 bits per heavy atom. The molecule has 0 spiro atoms. The number of nitrogens with zero attached hydrogens (tertiary/aromatic N) is 1. The zero-order valence-corrected chi connectivity index (χ0v) is 13.6. The molecule has 0 saturated heterocycles. The van der Waals surface area contributed by atoms with Crippen LogP contribution in [0.2, 0.25) is 0 Å². The Morgan fingerprint density at radius 3 is 2.33 bits per heavy atom. The Balaban J connectivity index is 1.58. The number of nitrogens with two attached hydrogens (primary N) is 1. The fourth-order valence-electron chi connectivity index (χ4n) is 6.64. The summed E-state index contributed by atoms with van der Waals surface area (Å²) in [7, 11) is 2.03. The van der Waals surface area contributed by atoms with Gasteiger partial charge in [-0.3, -0.25) is 4.79 Å². The summed E-state index contributed by atoms with van der Waals surface area (Å²) in [6, 6.07) is 0.290. The van der Waals surface area contributed by atoms with Crippen molar-refractivity contribution in [3.63, 3.8) is 0 Å². The first-order valence-corrected chi connectivity index (χ1v) is 8.92. The van der Waals surface area contributed by atoms with Crippen molar-refractivity contribution in [1.29, 1.82) is 0 Å². The summed E-state index contributed by atoms with van der Waals surface area (Å²) >= 11 is 0. The number of likely N-dealkylation sites (N-methyl/N-ethyl adjacent to an activating group) is 1. The summed E-state index contributed by atoms with van der Waals surface area (Å²) in [4.78, 5) is 15.4. The zero-order valence-electron chi connectivity index (χ0n) is 13.6. The Labute approximate surface area is 128 Å². The summed E-state index contributed by atoms with van der Waals surface area (Å²) in [5.74, 6) is 2.73. The highest BCUT2D eigenvalue weighted by Gasteiger charge is 2.59. The van der Waals surface area contributed by atoms with Crippen molar-refractivity contribution in [2.24, 2.45) is 34.3 Å². The van der Waals surface area contributed by atoms with Crippen LogP contribution in [0.4, 0.5) is 0 Å². The highest BCUT2D eigenvalue weighted by Crippen LogP contribution is 2.65. The van der Waals surface area contributed by atoms with E-state index < -0.39 is 0 Å². The van der Waals surface area contributed by atoms with Gasteiger partial charge in [0.15, 0.2) is 0 Å². The molecule has 0 aromatic carbocycles. The highest BCUT2D eigenvalue weighted by molar-refractivity contribution is 5.83. The lowest BCUT2D eigenvalue weighted by atomic mass is 9.44. The van der Waals surface area contributed by atoms with Crippen molar-refractivity contribution in [2.45, 2.75) is 64.3 Å². The maximum Gasteiger partial charge on any atom is 0.228 e. The molecular weight excluding hydrogens is 260 g/mol. The van der Waals surface area contributed by atoms with Gasteiger partial charge >= 0.3 is 0 Å². The Bertz CT molecular complexity index is 442. The summed E-state index contributed by atoms with van der Waals surface area (Å²) < 4.78 is 0. The van der Waals surface area contributed by atoms with Gasteiger partial charge in [0.2, 0.25) is 5.91 Å². The van der Waals surface area contributed by atoms with E-state index in [0.29, 0.717) is 29.8 Å². The van der Waals surface area contributed by atoms with Crippen LogP contribution in [0, 0.1) is 28.6 Å². The molecule has 3 atom stereocenters. The minimum absolute atomic E-state index is 0.0319. The van der Waals surface area contributed by atoms with Crippen LogP contribution in [-0.2, 0) is 4.79 Å². The minimum atomic E-state index is -0.0319. The van der Waals surface area contributed by atoms with Crippen molar-refractivity contribution in [3.8, 4) is 0 Å². The van der Waals surface area contributed by atoms with E-state index in [9.17, 15) is 4.79 Å². The monoisotopic (exact) mass is 290 g/mol. The van der Waals surface area contributed by atoms with E-state index in [1.165, 1.54) is 32.1 Å². The third-order valence-electron chi connectivity index (χ3n) is 7.03. The van der Waals surface area contributed by atoms with Crippen LogP contribution in [0.3, 0.4) is 0 Å². The van der Waals surface area contributed by atoms with E-state index >= 15 is 0 Å². The molecule has 5 rings (SSSR count). The van der Waals surface area contributed by atoms with Gasteiger partial charge in [0.1, 0.15) is 0 Å². The summed E-state index contributed by atoms with van der Waals surface area (Å²) in [5, 5.41) is 0.